The van der Waals surface area contributed by atoms with Gasteiger partial charge in [-0.2, -0.15) is 0 Å². The quantitative estimate of drug-likeness (QED) is 0.569. The summed E-state index contributed by atoms with van der Waals surface area (Å²) in [6.07, 6.45) is -1.10. The van der Waals surface area contributed by atoms with Crippen LogP contribution in [-0.2, 0) is 0 Å². The molecule has 8 nitrogen and oxygen atoms in total. The molecule has 1 heterocycles. The molecular weight excluding hydrogens is 352 g/mol. The zero-order valence-electron chi connectivity index (χ0n) is 14.8. The number of hydrogen-bond donors (Lipinski definition) is 4. The number of aliphatic hydroxyl groups excluding tert-OH is 1. The Kier molecular flexibility index (Phi) is 5.68. The maximum absolute atomic E-state index is 11.3. The van der Waals surface area contributed by atoms with E-state index in [4.69, 9.17) is 19.9 Å². The number of amides is 1. The fourth-order valence-corrected chi connectivity index (χ4v) is 2.78. The van der Waals surface area contributed by atoms with Gasteiger partial charge in [0, 0.05) is 19.2 Å². The van der Waals surface area contributed by atoms with Crippen LogP contribution in [0.15, 0.2) is 36.4 Å². The van der Waals surface area contributed by atoms with Crippen molar-refractivity contribution in [3.8, 4) is 23.0 Å². The SMILES string of the molecule is COc1ccc2c(c1)OC(CNCC(O)c1ccc(O)c(C(N)=O)c1)CO2. The summed E-state index contributed by atoms with van der Waals surface area (Å²) in [5, 5.41) is 23.0. The Balaban J connectivity index is 1.54. The molecule has 1 aliphatic heterocycles. The fourth-order valence-electron chi connectivity index (χ4n) is 2.78. The number of methoxy groups -OCH3 is 1. The summed E-state index contributed by atoms with van der Waals surface area (Å²) in [4.78, 5) is 11.3. The molecule has 0 aromatic heterocycles. The number of nitrogens with two attached hydrogens (primary N) is 1. The molecule has 8 heteroatoms. The topological polar surface area (TPSA) is 123 Å². The highest BCUT2D eigenvalue weighted by Gasteiger charge is 2.22. The highest BCUT2D eigenvalue weighted by molar-refractivity contribution is 5.95. The number of nitrogens with one attached hydrogen (secondary N) is 1. The van der Waals surface area contributed by atoms with Gasteiger partial charge in [0.15, 0.2) is 11.5 Å². The van der Waals surface area contributed by atoms with Crippen LogP contribution in [0.3, 0.4) is 0 Å². The summed E-state index contributed by atoms with van der Waals surface area (Å²) >= 11 is 0. The van der Waals surface area contributed by atoms with E-state index in [-0.39, 0.29) is 24.0 Å². The van der Waals surface area contributed by atoms with Crippen molar-refractivity contribution in [1.29, 1.82) is 0 Å². The van der Waals surface area contributed by atoms with Crippen LogP contribution in [0.1, 0.15) is 22.0 Å². The first-order valence-corrected chi connectivity index (χ1v) is 8.47. The zero-order valence-corrected chi connectivity index (χ0v) is 14.8. The van der Waals surface area contributed by atoms with Gasteiger partial charge >= 0.3 is 0 Å². The van der Waals surface area contributed by atoms with Crippen molar-refractivity contribution < 1.29 is 29.2 Å². The first-order chi connectivity index (χ1) is 13.0. The van der Waals surface area contributed by atoms with Crippen LogP contribution < -0.4 is 25.3 Å². The van der Waals surface area contributed by atoms with Crippen LogP contribution >= 0.6 is 0 Å². The van der Waals surface area contributed by atoms with Crippen LogP contribution in [0.2, 0.25) is 0 Å². The molecular formula is C19H22N2O6. The maximum atomic E-state index is 11.3. The molecule has 144 valence electrons. The highest BCUT2D eigenvalue weighted by Crippen LogP contribution is 2.34. The number of primary amides is 1. The minimum Gasteiger partial charge on any atom is -0.507 e. The molecule has 1 amide bonds. The first-order valence-electron chi connectivity index (χ1n) is 8.47. The maximum Gasteiger partial charge on any atom is 0.252 e. The second kappa shape index (κ2) is 8.15. The van der Waals surface area contributed by atoms with Crippen molar-refractivity contribution in [3.05, 3.63) is 47.5 Å². The summed E-state index contributed by atoms with van der Waals surface area (Å²) in [6.45, 7) is 1.07. The van der Waals surface area contributed by atoms with Gasteiger partial charge in [0.2, 0.25) is 0 Å². The second-order valence-corrected chi connectivity index (χ2v) is 6.18. The monoisotopic (exact) mass is 374 g/mol. The molecule has 2 unspecified atom stereocenters. The Morgan fingerprint density at radius 2 is 2.15 bits per heavy atom. The van der Waals surface area contributed by atoms with Gasteiger partial charge in [-0.1, -0.05) is 6.07 Å². The van der Waals surface area contributed by atoms with E-state index in [2.05, 4.69) is 5.32 Å². The van der Waals surface area contributed by atoms with Gasteiger partial charge in [-0.05, 0) is 29.8 Å². The van der Waals surface area contributed by atoms with Gasteiger partial charge in [-0.25, -0.2) is 0 Å². The van der Waals surface area contributed by atoms with Crippen LogP contribution in [-0.4, -0.2) is 49.0 Å². The number of carbonyl (C=O) groups excluding carboxylic acids is 1. The average molecular weight is 374 g/mol. The number of fused-ring (bicyclic) bond motifs is 1. The van der Waals surface area contributed by atoms with Gasteiger partial charge in [0.1, 0.15) is 24.2 Å². The summed E-state index contributed by atoms with van der Waals surface area (Å²) in [6, 6.07) is 9.61. The normalized spacial score (nSPS) is 16.6. The lowest BCUT2D eigenvalue weighted by Crippen LogP contribution is -2.39. The van der Waals surface area contributed by atoms with Gasteiger partial charge in [0.25, 0.3) is 5.91 Å². The standard InChI is InChI=1S/C19H22N2O6/c1-25-12-3-5-17-18(7-12)27-13(10-26-17)8-21-9-16(23)11-2-4-15(22)14(6-11)19(20)24/h2-7,13,16,21-23H,8-10H2,1H3,(H2,20,24). The van der Waals surface area contributed by atoms with Crippen molar-refractivity contribution in [2.24, 2.45) is 5.73 Å². The van der Waals surface area contributed by atoms with E-state index < -0.39 is 12.0 Å². The van der Waals surface area contributed by atoms with E-state index >= 15 is 0 Å². The number of benzene rings is 2. The lowest BCUT2D eigenvalue weighted by atomic mass is 10.0. The molecule has 27 heavy (non-hydrogen) atoms. The molecule has 2 aromatic rings. The number of carbonyl (C=O) groups is 1. The number of hydrogen-bond acceptors (Lipinski definition) is 7. The molecule has 2 atom stereocenters. The molecule has 0 radical (unpaired) electrons. The Morgan fingerprint density at radius 1 is 1.33 bits per heavy atom. The highest BCUT2D eigenvalue weighted by atomic mass is 16.6. The Bertz CT molecular complexity index is 826. The average Bonchev–Trinajstić information content (AvgIpc) is 2.67. The van der Waals surface area contributed by atoms with Crippen molar-refractivity contribution in [3.63, 3.8) is 0 Å². The number of aromatic hydroxyl groups is 1. The predicted octanol–water partition coefficient (Wildman–Crippen LogP) is 0.963. The summed E-state index contributed by atoms with van der Waals surface area (Å²) in [7, 11) is 1.58. The van der Waals surface area contributed by atoms with Crippen LogP contribution in [0.4, 0.5) is 0 Å². The molecule has 0 spiro atoms. The van der Waals surface area contributed by atoms with Crippen molar-refractivity contribution >= 4 is 5.91 Å². The van der Waals surface area contributed by atoms with E-state index in [1.54, 1.807) is 25.3 Å². The van der Waals surface area contributed by atoms with Gasteiger partial charge in [-0.15, -0.1) is 0 Å². The third-order valence-corrected chi connectivity index (χ3v) is 4.25. The number of phenols is 1. The predicted molar refractivity (Wildman–Crippen MR) is 97.4 cm³/mol. The Morgan fingerprint density at radius 3 is 2.89 bits per heavy atom. The number of rotatable bonds is 7. The third-order valence-electron chi connectivity index (χ3n) is 4.25. The molecule has 0 saturated carbocycles. The number of ether oxygens (including phenoxy) is 3. The van der Waals surface area contributed by atoms with Gasteiger partial charge in [-0.3, -0.25) is 4.79 Å². The molecule has 1 aliphatic rings. The minimum absolute atomic E-state index is 0.0267. The Labute approximate surface area is 156 Å². The molecule has 0 saturated heterocycles. The number of aliphatic hydroxyl groups is 1. The minimum atomic E-state index is -0.874. The molecule has 0 bridgehead atoms. The van der Waals surface area contributed by atoms with Crippen molar-refractivity contribution in [2.45, 2.75) is 12.2 Å². The van der Waals surface area contributed by atoms with Crippen LogP contribution in [0.25, 0.3) is 0 Å². The van der Waals surface area contributed by atoms with E-state index in [9.17, 15) is 15.0 Å². The van der Waals surface area contributed by atoms with E-state index in [1.165, 1.54) is 18.2 Å². The van der Waals surface area contributed by atoms with Gasteiger partial charge in [0.05, 0.1) is 18.8 Å². The molecule has 5 N–H and O–H groups in total. The van der Waals surface area contributed by atoms with Crippen LogP contribution in [0, 0.1) is 0 Å². The van der Waals surface area contributed by atoms with Crippen molar-refractivity contribution in [2.75, 3.05) is 26.8 Å². The summed E-state index contributed by atoms with van der Waals surface area (Å²) in [5.74, 6) is 0.983. The molecule has 0 fully saturated rings. The lowest BCUT2D eigenvalue weighted by Gasteiger charge is -2.27. The molecule has 2 aromatic carbocycles. The smallest absolute Gasteiger partial charge is 0.252 e. The Hall–Kier alpha value is -2.97. The molecule has 0 aliphatic carbocycles. The van der Waals surface area contributed by atoms with Crippen molar-refractivity contribution in [1.82, 2.24) is 5.32 Å². The third kappa shape index (κ3) is 4.42. The fraction of sp³-hybridized carbons (Fsp3) is 0.316. The van der Waals surface area contributed by atoms with Crippen LogP contribution in [0.5, 0.6) is 23.0 Å². The summed E-state index contributed by atoms with van der Waals surface area (Å²) in [5.41, 5.74) is 5.66. The van der Waals surface area contributed by atoms with E-state index in [1.807, 2.05) is 0 Å². The zero-order chi connectivity index (χ0) is 19.4. The van der Waals surface area contributed by atoms with E-state index in [0.717, 1.165) is 0 Å². The summed E-state index contributed by atoms with van der Waals surface area (Å²) < 4.78 is 16.7. The lowest BCUT2D eigenvalue weighted by molar-refractivity contribution is 0.0854. The second-order valence-electron chi connectivity index (χ2n) is 6.18. The van der Waals surface area contributed by atoms with Gasteiger partial charge < -0.3 is 35.5 Å². The first kappa shape index (κ1) is 18.8. The van der Waals surface area contributed by atoms with E-state index in [0.29, 0.717) is 36.0 Å². The molecule has 3 rings (SSSR count). The largest absolute Gasteiger partial charge is 0.507 e.